The third-order valence-corrected chi connectivity index (χ3v) is 3.30. The SMILES string of the molecule is CCOC(=O)C1=NO[C@]2(C=CC(=O)C=C2OC)[C@@H]1Cl. The lowest BCUT2D eigenvalue weighted by molar-refractivity contribution is -0.135. The van der Waals surface area contributed by atoms with Gasteiger partial charge in [-0.1, -0.05) is 5.16 Å². The second-order valence-electron chi connectivity index (χ2n) is 3.89. The van der Waals surface area contributed by atoms with E-state index in [1.165, 1.54) is 25.3 Å². The number of rotatable bonds is 3. The number of ether oxygens (including phenoxy) is 2. The van der Waals surface area contributed by atoms with Gasteiger partial charge in [-0.25, -0.2) is 4.79 Å². The molecule has 0 saturated heterocycles. The summed E-state index contributed by atoms with van der Waals surface area (Å²) in [5.74, 6) is -0.706. The van der Waals surface area contributed by atoms with E-state index in [1.54, 1.807) is 6.92 Å². The molecule has 0 unspecified atom stereocenters. The van der Waals surface area contributed by atoms with E-state index in [0.29, 0.717) is 0 Å². The number of methoxy groups -OCH3 is 1. The van der Waals surface area contributed by atoms with Crippen molar-refractivity contribution in [3.63, 3.8) is 0 Å². The number of oxime groups is 1. The van der Waals surface area contributed by atoms with Gasteiger partial charge < -0.3 is 14.3 Å². The summed E-state index contributed by atoms with van der Waals surface area (Å²) in [6, 6.07) is 0. The molecule has 0 N–H and O–H groups in total. The Morgan fingerprint density at radius 2 is 2.37 bits per heavy atom. The molecule has 0 aromatic rings. The van der Waals surface area contributed by atoms with Crippen LogP contribution in [0.4, 0.5) is 0 Å². The fourth-order valence-electron chi connectivity index (χ4n) is 1.85. The molecule has 102 valence electrons. The van der Waals surface area contributed by atoms with Crippen LogP contribution in [0.5, 0.6) is 0 Å². The number of carbonyl (C=O) groups excluding carboxylic acids is 2. The first-order chi connectivity index (χ1) is 9.05. The van der Waals surface area contributed by atoms with Crippen LogP contribution in [0.15, 0.2) is 29.1 Å². The molecular weight excluding hydrogens is 274 g/mol. The van der Waals surface area contributed by atoms with Crippen LogP contribution >= 0.6 is 11.6 Å². The first-order valence-corrected chi connectivity index (χ1v) is 6.05. The van der Waals surface area contributed by atoms with Gasteiger partial charge >= 0.3 is 5.97 Å². The molecule has 2 rings (SSSR count). The van der Waals surface area contributed by atoms with Crippen LogP contribution in [-0.2, 0) is 23.9 Å². The third-order valence-electron chi connectivity index (χ3n) is 2.77. The summed E-state index contributed by atoms with van der Waals surface area (Å²) in [6.45, 7) is 1.88. The van der Waals surface area contributed by atoms with Gasteiger partial charge in [-0.2, -0.15) is 0 Å². The van der Waals surface area contributed by atoms with E-state index >= 15 is 0 Å². The van der Waals surface area contributed by atoms with Crippen LogP contribution in [-0.4, -0.2) is 42.2 Å². The van der Waals surface area contributed by atoms with E-state index < -0.39 is 16.9 Å². The van der Waals surface area contributed by atoms with Crippen molar-refractivity contribution >= 4 is 29.1 Å². The van der Waals surface area contributed by atoms with Crippen molar-refractivity contribution in [1.29, 1.82) is 0 Å². The lowest BCUT2D eigenvalue weighted by atomic mass is 9.89. The largest absolute Gasteiger partial charge is 0.496 e. The number of alkyl halides is 1. The normalized spacial score (nSPS) is 28.8. The van der Waals surface area contributed by atoms with Gasteiger partial charge in [-0.15, -0.1) is 11.6 Å². The Hall–Kier alpha value is -1.82. The van der Waals surface area contributed by atoms with E-state index in [0.717, 1.165) is 0 Å². The Balaban J connectivity index is 2.30. The highest BCUT2D eigenvalue weighted by Crippen LogP contribution is 2.39. The van der Waals surface area contributed by atoms with Crippen molar-refractivity contribution in [1.82, 2.24) is 0 Å². The average molecular weight is 286 g/mol. The van der Waals surface area contributed by atoms with Crippen molar-refractivity contribution in [2.24, 2.45) is 5.16 Å². The maximum Gasteiger partial charge on any atom is 0.357 e. The summed E-state index contributed by atoms with van der Waals surface area (Å²) in [5, 5.41) is 2.73. The summed E-state index contributed by atoms with van der Waals surface area (Å²) in [4.78, 5) is 28.2. The fourth-order valence-corrected chi connectivity index (χ4v) is 2.20. The number of hydrogen-bond donors (Lipinski definition) is 0. The Labute approximate surface area is 114 Å². The predicted molar refractivity (Wildman–Crippen MR) is 66.8 cm³/mol. The molecule has 0 radical (unpaired) electrons. The minimum Gasteiger partial charge on any atom is -0.496 e. The smallest absolute Gasteiger partial charge is 0.357 e. The molecule has 1 heterocycles. The van der Waals surface area contributed by atoms with Gasteiger partial charge in [-0.05, 0) is 19.1 Å². The molecule has 2 aliphatic rings. The van der Waals surface area contributed by atoms with Gasteiger partial charge in [0.15, 0.2) is 17.3 Å². The van der Waals surface area contributed by atoms with Gasteiger partial charge in [0, 0.05) is 6.08 Å². The zero-order valence-corrected chi connectivity index (χ0v) is 11.1. The molecule has 0 amide bonds. The number of carbonyl (C=O) groups is 2. The summed E-state index contributed by atoms with van der Waals surface area (Å²) in [5.41, 5.74) is -1.32. The topological polar surface area (TPSA) is 74.2 Å². The number of ketones is 1. The molecule has 0 bridgehead atoms. The van der Waals surface area contributed by atoms with E-state index in [2.05, 4.69) is 5.16 Å². The molecule has 1 spiro atoms. The van der Waals surface area contributed by atoms with Crippen LogP contribution < -0.4 is 0 Å². The summed E-state index contributed by atoms with van der Waals surface area (Å²) in [6.07, 6.45) is 3.97. The number of halogens is 1. The average Bonchev–Trinajstić information content (AvgIpc) is 2.71. The van der Waals surface area contributed by atoms with Gasteiger partial charge in [-0.3, -0.25) is 4.79 Å². The molecule has 1 aliphatic heterocycles. The Morgan fingerprint density at radius 3 is 3.00 bits per heavy atom. The van der Waals surface area contributed by atoms with Gasteiger partial charge in [0.2, 0.25) is 5.60 Å². The van der Waals surface area contributed by atoms with Crippen LogP contribution in [0.3, 0.4) is 0 Å². The summed E-state index contributed by atoms with van der Waals surface area (Å²) >= 11 is 6.23. The Morgan fingerprint density at radius 1 is 1.63 bits per heavy atom. The van der Waals surface area contributed by atoms with E-state index in [-0.39, 0.29) is 23.9 Å². The summed E-state index contributed by atoms with van der Waals surface area (Å²) < 4.78 is 9.95. The van der Waals surface area contributed by atoms with E-state index in [4.69, 9.17) is 25.9 Å². The zero-order chi connectivity index (χ0) is 14.0. The maximum absolute atomic E-state index is 11.7. The number of allylic oxidation sites excluding steroid dienone is 2. The second-order valence-corrected chi connectivity index (χ2v) is 4.33. The molecule has 2 atom stereocenters. The molecule has 1 aliphatic carbocycles. The fraction of sp³-hybridized carbons (Fsp3) is 0.417. The van der Waals surface area contributed by atoms with Crippen molar-refractivity contribution < 1.29 is 23.9 Å². The predicted octanol–water partition coefficient (Wildman–Crippen LogP) is 0.951. The standard InChI is InChI=1S/C12H12ClNO5/c1-3-18-11(16)9-10(13)12(19-14-9)5-4-7(15)6-8(12)17-2/h4-6,10H,3H2,1-2H3/t10-,12+/m1/s1. The molecule has 0 fully saturated rings. The highest BCUT2D eigenvalue weighted by atomic mass is 35.5. The maximum atomic E-state index is 11.7. The molecule has 7 heteroatoms. The molecule has 19 heavy (non-hydrogen) atoms. The molecule has 0 aromatic heterocycles. The second kappa shape index (κ2) is 5.05. The monoisotopic (exact) mass is 285 g/mol. The Kier molecular flexibility index (Phi) is 3.61. The molecular formula is C12H12ClNO5. The van der Waals surface area contributed by atoms with Crippen LogP contribution in [0.25, 0.3) is 0 Å². The van der Waals surface area contributed by atoms with Crippen molar-refractivity contribution in [3.8, 4) is 0 Å². The minimum atomic E-state index is -1.27. The quantitative estimate of drug-likeness (QED) is 0.570. The highest BCUT2D eigenvalue weighted by Gasteiger charge is 2.54. The number of hydrogen-bond acceptors (Lipinski definition) is 6. The van der Waals surface area contributed by atoms with Gasteiger partial charge in [0.1, 0.15) is 5.38 Å². The van der Waals surface area contributed by atoms with Crippen LogP contribution in [0.2, 0.25) is 0 Å². The van der Waals surface area contributed by atoms with Crippen molar-refractivity contribution in [3.05, 3.63) is 24.0 Å². The molecule has 0 saturated carbocycles. The van der Waals surface area contributed by atoms with Crippen molar-refractivity contribution in [2.45, 2.75) is 17.9 Å². The van der Waals surface area contributed by atoms with Crippen LogP contribution in [0, 0.1) is 0 Å². The summed E-state index contributed by atoms with van der Waals surface area (Å²) in [7, 11) is 1.38. The first kappa shape index (κ1) is 13.6. The Bertz CT molecular complexity index is 510. The number of esters is 1. The zero-order valence-electron chi connectivity index (χ0n) is 10.4. The van der Waals surface area contributed by atoms with E-state index in [9.17, 15) is 9.59 Å². The highest BCUT2D eigenvalue weighted by molar-refractivity contribution is 6.51. The third kappa shape index (κ3) is 2.12. The van der Waals surface area contributed by atoms with Gasteiger partial charge in [0.05, 0.1) is 13.7 Å². The lowest BCUT2D eigenvalue weighted by Gasteiger charge is -2.29. The number of nitrogens with zero attached hydrogens (tertiary/aromatic N) is 1. The first-order valence-electron chi connectivity index (χ1n) is 5.61. The molecule has 0 aromatic carbocycles. The lowest BCUT2D eigenvalue weighted by Crippen LogP contribution is -2.44. The van der Waals surface area contributed by atoms with Gasteiger partial charge in [0.25, 0.3) is 0 Å². The van der Waals surface area contributed by atoms with Crippen LogP contribution in [0.1, 0.15) is 6.92 Å². The minimum absolute atomic E-state index is 0.0505. The molecule has 6 nitrogen and oxygen atoms in total. The van der Waals surface area contributed by atoms with E-state index in [1.807, 2.05) is 0 Å². The van der Waals surface area contributed by atoms with Crippen molar-refractivity contribution in [2.75, 3.05) is 13.7 Å².